The molecule has 1 aliphatic heterocycles. The molecule has 158 valence electrons. The average molecular weight is 406 g/mol. The van der Waals surface area contributed by atoms with E-state index >= 15 is 0 Å². The van der Waals surface area contributed by atoms with E-state index in [2.05, 4.69) is 39.5 Å². The average Bonchev–Trinajstić information content (AvgIpc) is 3.45. The van der Waals surface area contributed by atoms with E-state index in [4.69, 9.17) is 15.5 Å². The van der Waals surface area contributed by atoms with Crippen molar-refractivity contribution in [3.8, 4) is 0 Å². The minimum absolute atomic E-state index is 0.283. The number of hydrogen-bond acceptors (Lipinski definition) is 6. The Labute approximate surface area is 178 Å². The second kappa shape index (κ2) is 8.26. The third-order valence-corrected chi connectivity index (χ3v) is 6.76. The standard InChI is InChI=1S/C24H31N5O/c1-30-21-11-6-17-14-26-24(28-23(17)22(21)16-4-2-3-5-16)27-19-7-9-20(10-8-19)29-13-12-18(25)15-29/h7-10,14,16,18H,2-6,11-13,15,25H2,1H3,(H,26,27,28). The van der Waals surface area contributed by atoms with Crippen molar-refractivity contribution in [3.63, 3.8) is 0 Å². The summed E-state index contributed by atoms with van der Waals surface area (Å²) in [4.78, 5) is 11.9. The minimum atomic E-state index is 0.283. The van der Waals surface area contributed by atoms with Gasteiger partial charge in [-0.05, 0) is 61.4 Å². The summed E-state index contributed by atoms with van der Waals surface area (Å²) in [5.41, 5.74) is 11.9. The Kier molecular flexibility index (Phi) is 5.34. The maximum Gasteiger partial charge on any atom is 0.227 e. The van der Waals surface area contributed by atoms with Crippen molar-refractivity contribution in [2.75, 3.05) is 30.4 Å². The highest BCUT2D eigenvalue weighted by Crippen LogP contribution is 2.42. The second-order valence-electron chi connectivity index (χ2n) is 8.76. The molecule has 2 aliphatic carbocycles. The number of rotatable bonds is 5. The van der Waals surface area contributed by atoms with Gasteiger partial charge in [0.1, 0.15) is 5.76 Å². The van der Waals surface area contributed by atoms with E-state index in [9.17, 15) is 0 Å². The molecule has 3 N–H and O–H groups in total. The van der Waals surface area contributed by atoms with Crippen molar-refractivity contribution < 1.29 is 4.74 Å². The molecule has 3 aliphatic rings. The van der Waals surface area contributed by atoms with Crippen LogP contribution in [-0.2, 0) is 11.2 Å². The van der Waals surface area contributed by atoms with E-state index in [0.717, 1.165) is 49.5 Å². The van der Waals surface area contributed by atoms with Crippen molar-refractivity contribution >= 4 is 22.9 Å². The molecule has 2 fully saturated rings. The van der Waals surface area contributed by atoms with E-state index in [1.165, 1.54) is 42.5 Å². The number of aryl methyl sites for hydroxylation is 1. The molecule has 6 heteroatoms. The molecular weight excluding hydrogens is 374 g/mol. The number of nitrogens with two attached hydrogens (primary N) is 1. The zero-order valence-corrected chi connectivity index (χ0v) is 17.7. The van der Waals surface area contributed by atoms with Crippen LogP contribution >= 0.6 is 0 Å². The van der Waals surface area contributed by atoms with Gasteiger partial charge in [-0.2, -0.15) is 0 Å². The Hall–Kier alpha value is -2.60. The van der Waals surface area contributed by atoms with Gasteiger partial charge in [-0.15, -0.1) is 0 Å². The number of allylic oxidation sites excluding steroid dienone is 2. The summed E-state index contributed by atoms with van der Waals surface area (Å²) in [6, 6.07) is 8.76. The maximum atomic E-state index is 6.04. The highest BCUT2D eigenvalue weighted by Gasteiger charge is 2.30. The van der Waals surface area contributed by atoms with Crippen molar-refractivity contribution in [2.24, 2.45) is 11.7 Å². The van der Waals surface area contributed by atoms with Gasteiger partial charge < -0.3 is 20.7 Å². The summed E-state index contributed by atoms with van der Waals surface area (Å²) in [7, 11) is 1.80. The molecule has 1 aromatic heterocycles. The molecular formula is C24H31N5O. The number of benzene rings is 1. The normalized spacial score (nSPS) is 21.8. The number of anilines is 3. The molecule has 6 nitrogen and oxygen atoms in total. The number of nitrogens with zero attached hydrogens (tertiary/aromatic N) is 3. The molecule has 1 unspecified atom stereocenters. The first kappa shape index (κ1) is 19.4. The first-order valence-corrected chi connectivity index (χ1v) is 11.2. The molecule has 1 saturated carbocycles. The zero-order chi connectivity index (χ0) is 20.5. The molecule has 2 heterocycles. The third-order valence-electron chi connectivity index (χ3n) is 6.76. The Balaban J connectivity index is 1.38. The van der Waals surface area contributed by atoms with Gasteiger partial charge in [0, 0.05) is 48.7 Å². The summed E-state index contributed by atoms with van der Waals surface area (Å²) >= 11 is 0. The molecule has 1 aromatic carbocycles. The van der Waals surface area contributed by atoms with Crippen LogP contribution in [0.25, 0.3) is 5.57 Å². The summed E-state index contributed by atoms with van der Waals surface area (Å²) in [6.07, 6.45) is 10.0. The minimum Gasteiger partial charge on any atom is -0.501 e. The molecule has 0 bridgehead atoms. The van der Waals surface area contributed by atoms with Crippen LogP contribution in [0.4, 0.5) is 17.3 Å². The number of hydrogen-bond donors (Lipinski definition) is 2. The van der Waals surface area contributed by atoms with E-state index in [1.807, 2.05) is 6.20 Å². The maximum absolute atomic E-state index is 6.04. The van der Waals surface area contributed by atoms with Gasteiger partial charge in [-0.25, -0.2) is 9.97 Å². The van der Waals surface area contributed by atoms with Crippen LogP contribution in [0, 0.1) is 5.92 Å². The number of fused-ring (bicyclic) bond motifs is 1. The Bertz CT molecular complexity index is 933. The molecule has 5 rings (SSSR count). The van der Waals surface area contributed by atoms with Crippen LogP contribution in [0.5, 0.6) is 0 Å². The monoisotopic (exact) mass is 405 g/mol. The lowest BCUT2D eigenvalue weighted by Crippen LogP contribution is -2.26. The number of nitrogens with one attached hydrogen (secondary N) is 1. The van der Waals surface area contributed by atoms with Gasteiger partial charge in [0.05, 0.1) is 12.8 Å². The second-order valence-corrected chi connectivity index (χ2v) is 8.76. The van der Waals surface area contributed by atoms with E-state index in [-0.39, 0.29) is 6.04 Å². The summed E-state index contributed by atoms with van der Waals surface area (Å²) in [5, 5.41) is 3.40. The lowest BCUT2D eigenvalue weighted by Gasteiger charge is -2.25. The predicted molar refractivity (Wildman–Crippen MR) is 121 cm³/mol. The highest BCUT2D eigenvalue weighted by atomic mass is 16.5. The van der Waals surface area contributed by atoms with Crippen LogP contribution in [-0.4, -0.2) is 36.2 Å². The molecule has 2 aromatic rings. The van der Waals surface area contributed by atoms with E-state index in [0.29, 0.717) is 11.9 Å². The predicted octanol–water partition coefficient (Wildman–Crippen LogP) is 4.25. The van der Waals surface area contributed by atoms with Gasteiger partial charge in [0.15, 0.2) is 0 Å². The fourth-order valence-electron chi connectivity index (χ4n) is 5.15. The zero-order valence-electron chi connectivity index (χ0n) is 17.7. The van der Waals surface area contributed by atoms with Crippen LogP contribution in [0.2, 0.25) is 0 Å². The third kappa shape index (κ3) is 3.76. The molecule has 30 heavy (non-hydrogen) atoms. The summed E-state index contributed by atoms with van der Waals surface area (Å²) < 4.78 is 5.79. The molecule has 0 radical (unpaired) electrons. The summed E-state index contributed by atoms with van der Waals surface area (Å²) in [5.74, 6) is 2.33. The molecule has 1 atom stereocenters. The van der Waals surface area contributed by atoms with Gasteiger partial charge in [-0.3, -0.25) is 0 Å². The van der Waals surface area contributed by atoms with Gasteiger partial charge in [0.25, 0.3) is 0 Å². The Morgan fingerprint density at radius 2 is 1.90 bits per heavy atom. The van der Waals surface area contributed by atoms with E-state index in [1.54, 1.807) is 7.11 Å². The molecule has 0 amide bonds. The highest BCUT2D eigenvalue weighted by molar-refractivity contribution is 5.72. The topological polar surface area (TPSA) is 76.3 Å². The van der Waals surface area contributed by atoms with Crippen molar-refractivity contribution in [1.82, 2.24) is 9.97 Å². The summed E-state index contributed by atoms with van der Waals surface area (Å²) in [6.45, 7) is 1.96. The lowest BCUT2D eigenvalue weighted by molar-refractivity contribution is 0.274. The largest absolute Gasteiger partial charge is 0.501 e. The first-order valence-electron chi connectivity index (χ1n) is 11.2. The van der Waals surface area contributed by atoms with Gasteiger partial charge in [0.2, 0.25) is 5.95 Å². The fraction of sp³-hybridized carbons (Fsp3) is 0.500. The van der Waals surface area contributed by atoms with E-state index < -0.39 is 0 Å². The Morgan fingerprint density at radius 1 is 1.10 bits per heavy atom. The number of methoxy groups -OCH3 is 1. The SMILES string of the molecule is COC1=C(C2CCCC2)c2nc(Nc3ccc(N4CCC(N)C4)cc3)ncc2CC1. The lowest BCUT2D eigenvalue weighted by atomic mass is 9.85. The molecule has 0 spiro atoms. The van der Waals surface area contributed by atoms with Crippen LogP contribution < -0.4 is 16.0 Å². The van der Waals surface area contributed by atoms with Crippen LogP contribution in [0.1, 0.15) is 49.8 Å². The van der Waals surface area contributed by atoms with Gasteiger partial charge >= 0.3 is 0 Å². The fourth-order valence-corrected chi connectivity index (χ4v) is 5.15. The van der Waals surface area contributed by atoms with Crippen LogP contribution in [0.3, 0.4) is 0 Å². The quantitative estimate of drug-likeness (QED) is 0.774. The van der Waals surface area contributed by atoms with Crippen LogP contribution in [0.15, 0.2) is 36.2 Å². The smallest absolute Gasteiger partial charge is 0.227 e. The number of ether oxygens (including phenoxy) is 1. The Morgan fingerprint density at radius 3 is 2.60 bits per heavy atom. The number of aromatic nitrogens is 2. The van der Waals surface area contributed by atoms with Gasteiger partial charge in [-0.1, -0.05) is 12.8 Å². The molecule has 1 saturated heterocycles. The van der Waals surface area contributed by atoms with Crippen molar-refractivity contribution in [3.05, 3.63) is 47.5 Å². The van der Waals surface area contributed by atoms with Crippen molar-refractivity contribution in [1.29, 1.82) is 0 Å². The van der Waals surface area contributed by atoms with Crippen molar-refractivity contribution in [2.45, 2.75) is 51.0 Å². The first-order chi connectivity index (χ1) is 14.7.